The van der Waals surface area contributed by atoms with Gasteiger partial charge in [0.1, 0.15) is 5.82 Å². The fraction of sp³-hybridized carbons (Fsp3) is 0.500. The number of rotatable bonds is 4. The average Bonchev–Trinajstić information content (AvgIpc) is 3.27. The van der Waals surface area contributed by atoms with Crippen molar-refractivity contribution in [1.29, 1.82) is 0 Å². The van der Waals surface area contributed by atoms with Gasteiger partial charge in [-0.1, -0.05) is 18.2 Å². The molecule has 0 radical (unpaired) electrons. The zero-order valence-corrected chi connectivity index (χ0v) is 14.5. The fourth-order valence-corrected chi connectivity index (χ4v) is 4.00. The van der Waals surface area contributed by atoms with E-state index in [1.165, 1.54) is 37.2 Å². The first-order valence-electron chi connectivity index (χ1n) is 9.14. The molecule has 4 rings (SSSR count). The van der Waals surface area contributed by atoms with Crippen LogP contribution in [0.2, 0.25) is 0 Å². The van der Waals surface area contributed by atoms with E-state index in [9.17, 15) is 0 Å². The molecule has 2 saturated heterocycles. The molecule has 0 aliphatic carbocycles. The van der Waals surface area contributed by atoms with Crippen LogP contribution in [0.25, 0.3) is 0 Å². The average molecular weight is 322 g/mol. The number of aromatic nitrogens is 2. The van der Waals surface area contributed by atoms with E-state index in [2.05, 4.69) is 44.0 Å². The van der Waals surface area contributed by atoms with Crippen LogP contribution < -0.4 is 4.90 Å². The summed E-state index contributed by atoms with van der Waals surface area (Å²) in [5, 5.41) is 0. The predicted molar refractivity (Wildman–Crippen MR) is 97.3 cm³/mol. The molecule has 126 valence electrons. The normalized spacial score (nSPS) is 21.5. The van der Waals surface area contributed by atoms with Crippen LogP contribution in [0.15, 0.2) is 36.5 Å². The van der Waals surface area contributed by atoms with Crippen molar-refractivity contribution in [3.05, 3.63) is 53.6 Å². The van der Waals surface area contributed by atoms with E-state index in [0.717, 1.165) is 37.6 Å². The van der Waals surface area contributed by atoms with Crippen LogP contribution in [0.1, 0.15) is 42.3 Å². The lowest BCUT2D eigenvalue weighted by Crippen LogP contribution is -2.24. The predicted octanol–water partition coefficient (Wildman–Crippen LogP) is 3.37. The summed E-state index contributed by atoms with van der Waals surface area (Å²) in [5.74, 6) is 1.49. The summed E-state index contributed by atoms with van der Waals surface area (Å²) in [6, 6.07) is 10.9. The van der Waals surface area contributed by atoms with Crippen molar-refractivity contribution in [3.63, 3.8) is 0 Å². The minimum Gasteiger partial charge on any atom is -0.371 e. The fourth-order valence-electron chi connectivity index (χ4n) is 4.00. The Morgan fingerprint density at radius 3 is 2.75 bits per heavy atom. The Bertz CT molecular complexity index is 694. The highest BCUT2D eigenvalue weighted by Gasteiger charge is 2.27. The van der Waals surface area contributed by atoms with Crippen molar-refractivity contribution in [1.82, 2.24) is 14.9 Å². The number of hydrogen-bond acceptors (Lipinski definition) is 4. The van der Waals surface area contributed by atoms with Gasteiger partial charge in [0, 0.05) is 49.7 Å². The Labute approximate surface area is 144 Å². The van der Waals surface area contributed by atoms with Crippen molar-refractivity contribution in [3.8, 4) is 0 Å². The Kier molecular flexibility index (Phi) is 4.48. The molecule has 4 heteroatoms. The van der Waals surface area contributed by atoms with Gasteiger partial charge in [-0.25, -0.2) is 9.97 Å². The zero-order valence-electron chi connectivity index (χ0n) is 14.5. The molecule has 24 heavy (non-hydrogen) atoms. The highest BCUT2D eigenvalue weighted by atomic mass is 15.2. The summed E-state index contributed by atoms with van der Waals surface area (Å²) < 4.78 is 0. The van der Waals surface area contributed by atoms with E-state index in [4.69, 9.17) is 0 Å². The van der Waals surface area contributed by atoms with Crippen LogP contribution in [0.3, 0.4) is 0 Å². The van der Waals surface area contributed by atoms with Crippen molar-refractivity contribution in [2.24, 2.45) is 0 Å². The Hall–Kier alpha value is -1.94. The quantitative estimate of drug-likeness (QED) is 0.864. The highest BCUT2D eigenvalue weighted by Crippen LogP contribution is 2.29. The third-order valence-corrected chi connectivity index (χ3v) is 5.28. The molecule has 2 aliphatic rings. The standard InChI is InChI=1S/C20H26N4/c1-16-8-10-21-20(22-16)18-9-13-23(15-18)14-17-6-2-3-7-19(17)24-11-4-5-12-24/h2-3,6-8,10,18H,4-5,9,11-15H2,1H3/t18-/m0/s1. The molecule has 0 amide bonds. The first-order valence-corrected chi connectivity index (χ1v) is 9.14. The topological polar surface area (TPSA) is 32.3 Å². The van der Waals surface area contributed by atoms with Gasteiger partial charge in [-0.15, -0.1) is 0 Å². The summed E-state index contributed by atoms with van der Waals surface area (Å²) in [6.07, 6.45) is 5.70. The zero-order chi connectivity index (χ0) is 16.4. The van der Waals surface area contributed by atoms with E-state index in [1.807, 2.05) is 19.2 Å². The first kappa shape index (κ1) is 15.6. The number of aryl methyl sites for hydroxylation is 1. The lowest BCUT2D eigenvalue weighted by molar-refractivity contribution is 0.326. The summed E-state index contributed by atoms with van der Waals surface area (Å²) in [4.78, 5) is 14.2. The first-order chi connectivity index (χ1) is 11.8. The van der Waals surface area contributed by atoms with E-state index in [1.54, 1.807) is 0 Å². The van der Waals surface area contributed by atoms with E-state index >= 15 is 0 Å². The molecule has 2 aliphatic heterocycles. The summed E-state index contributed by atoms with van der Waals surface area (Å²) in [6.45, 7) is 7.70. The number of nitrogens with zero attached hydrogens (tertiary/aromatic N) is 4. The van der Waals surface area contributed by atoms with Crippen LogP contribution in [0, 0.1) is 6.92 Å². The third kappa shape index (κ3) is 3.29. The lowest BCUT2D eigenvalue weighted by Gasteiger charge is -2.24. The molecule has 1 aromatic heterocycles. The van der Waals surface area contributed by atoms with Gasteiger partial charge in [0.25, 0.3) is 0 Å². The van der Waals surface area contributed by atoms with Crippen molar-refractivity contribution in [2.45, 2.75) is 38.6 Å². The molecule has 0 unspecified atom stereocenters. The monoisotopic (exact) mass is 322 g/mol. The molecule has 0 saturated carbocycles. The number of anilines is 1. The van der Waals surface area contributed by atoms with Gasteiger partial charge in [-0.3, -0.25) is 4.90 Å². The second-order valence-corrected chi connectivity index (χ2v) is 7.10. The Morgan fingerprint density at radius 1 is 1.08 bits per heavy atom. The largest absolute Gasteiger partial charge is 0.371 e. The smallest absolute Gasteiger partial charge is 0.132 e. The van der Waals surface area contributed by atoms with Gasteiger partial charge in [-0.2, -0.15) is 0 Å². The van der Waals surface area contributed by atoms with Gasteiger partial charge >= 0.3 is 0 Å². The van der Waals surface area contributed by atoms with Gasteiger partial charge < -0.3 is 4.90 Å². The maximum Gasteiger partial charge on any atom is 0.132 e. The molecule has 1 atom stereocenters. The van der Waals surface area contributed by atoms with Crippen molar-refractivity contribution < 1.29 is 0 Å². The number of para-hydroxylation sites is 1. The van der Waals surface area contributed by atoms with Gasteiger partial charge in [-0.05, 0) is 50.4 Å². The van der Waals surface area contributed by atoms with Crippen LogP contribution in [-0.4, -0.2) is 41.0 Å². The highest BCUT2D eigenvalue weighted by molar-refractivity contribution is 5.54. The van der Waals surface area contributed by atoms with Crippen LogP contribution in [0.4, 0.5) is 5.69 Å². The van der Waals surface area contributed by atoms with Gasteiger partial charge in [0.15, 0.2) is 0 Å². The minimum absolute atomic E-state index is 0.476. The maximum absolute atomic E-state index is 4.63. The molecule has 0 spiro atoms. The summed E-state index contributed by atoms with van der Waals surface area (Å²) in [5.41, 5.74) is 3.97. The van der Waals surface area contributed by atoms with Gasteiger partial charge in [0.05, 0.1) is 0 Å². The van der Waals surface area contributed by atoms with Crippen LogP contribution >= 0.6 is 0 Å². The second kappa shape index (κ2) is 6.89. The molecular formula is C20H26N4. The molecule has 1 aromatic carbocycles. The molecule has 2 fully saturated rings. The Balaban J connectivity index is 1.45. The minimum atomic E-state index is 0.476. The molecule has 0 bridgehead atoms. The molecule has 3 heterocycles. The van der Waals surface area contributed by atoms with E-state index < -0.39 is 0 Å². The lowest BCUT2D eigenvalue weighted by atomic mass is 10.1. The van der Waals surface area contributed by atoms with Crippen molar-refractivity contribution >= 4 is 5.69 Å². The molecular weight excluding hydrogens is 296 g/mol. The number of likely N-dealkylation sites (tertiary alicyclic amines) is 1. The van der Waals surface area contributed by atoms with Crippen molar-refractivity contribution in [2.75, 3.05) is 31.1 Å². The summed E-state index contributed by atoms with van der Waals surface area (Å²) >= 11 is 0. The van der Waals surface area contributed by atoms with E-state index in [0.29, 0.717) is 5.92 Å². The second-order valence-electron chi connectivity index (χ2n) is 7.10. The number of hydrogen-bond donors (Lipinski definition) is 0. The van der Waals surface area contributed by atoms with Crippen LogP contribution in [0.5, 0.6) is 0 Å². The maximum atomic E-state index is 4.63. The molecule has 4 nitrogen and oxygen atoms in total. The van der Waals surface area contributed by atoms with Gasteiger partial charge in [0.2, 0.25) is 0 Å². The molecule has 2 aromatic rings. The Morgan fingerprint density at radius 2 is 1.92 bits per heavy atom. The SMILES string of the molecule is Cc1ccnc([C@H]2CCN(Cc3ccccc3N3CCCC3)C2)n1. The van der Waals surface area contributed by atoms with E-state index in [-0.39, 0.29) is 0 Å². The van der Waals surface area contributed by atoms with Crippen LogP contribution in [-0.2, 0) is 6.54 Å². The summed E-state index contributed by atoms with van der Waals surface area (Å²) in [7, 11) is 0. The third-order valence-electron chi connectivity index (χ3n) is 5.28. The number of benzene rings is 1. The molecule has 0 N–H and O–H groups in total.